The molecule has 2 aromatic rings. The first-order valence-electron chi connectivity index (χ1n) is 8.81. The maximum Gasteiger partial charge on any atom is 0.275 e. The molecule has 6 nitrogen and oxygen atoms in total. The van der Waals surface area contributed by atoms with E-state index in [1.54, 1.807) is 0 Å². The van der Waals surface area contributed by atoms with Crippen molar-refractivity contribution in [3.63, 3.8) is 0 Å². The predicted molar refractivity (Wildman–Crippen MR) is 95.9 cm³/mol. The topological polar surface area (TPSA) is 75.6 Å². The first-order valence-corrected chi connectivity index (χ1v) is 8.81. The molecule has 1 unspecified atom stereocenters. The van der Waals surface area contributed by atoms with Crippen LogP contribution in [0.25, 0.3) is 0 Å². The van der Waals surface area contributed by atoms with E-state index >= 15 is 0 Å². The number of nitrogens with two attached hydrogens (primary N) is 1. The van der Waals surface area contributed by atoms with Gasteiger partial charge in [-0.05, 0) is 11.5 Å². The molecule has 2 heterocycles. The van der Waals surface area contributed by atoms with E-state index in [9.17, 15) is 4.79 Å². The quantitative estimate of drug-likeness (QED) is 0.902. The van der Waals surface area contributed by atoms with Crippen LogP contribution in [0, 0.1) is 5.92 Å². The van der Waals surface area contributed by atoms with Crippen LogP contribution in [0.3, 0.4) is 0 Å². The highest BCUT2D eigenvalue weighted by molar-refractivity contribution is 5.92. The number of benzene rings is 1. The zero-order valence-corrected chi connectivity index (χ0v) is 14.9. The van der Waals surface area contributed by atoms with Crippen LogP contribution in [-0.2, 0) is 6.54 Å². The number of piperazine rings is 1. The Balaban J connectivity index is 1.55. The fourth-order valence-electron chi connectivity index (χ4n) is 2.94. The molecule has 1 atom stereocenters. The lowest BCUT2D eigenvalue weighted by atomic mass is 10.1. The highest BCUT2D eigenvalue weighted by Gasteiger charge is 2.26. The molecule has 0 bridgehead atoms. The zero-order chi connectivity index (χ0) is 17.8. The minimum Gasteiger partial charge on any atom is -0.446 e. The molecule has 1 amide bonds. The average Bonchev–Trinajstić information content (AvgIpc) is 3.12. The molecule has 0 aliphatic carbocycles. The molecular weight excluding hydrogens is 316 g/mol. The lowest BCUT2D eigenvalue weighted by Crippen LogP contribution is -2.48. The Bertz CT molecular complexity index is 690. The van der Waals surface area contributed by atoms with Crippen molar-refractivity contribution in [3.8, 4) is 0 Å². The van der Waals surface area contributed by atoms with Gasteiger partial charge in [-0.15, -0.1) is 0 Å². The van der Waals surface area contributed by atoms with Crippen LogP contribution < -0.4 is 5.73 Å². The van der Waals surface area contributed by atoms with Gasteiger partial charge in [0.05, 0.1) is 6.04 Å². The number of nitrogens with zero attached hydrogens (tertiary/aromatic N) is 3. The number of aromatic nitrogens is 1. The van der Waals surface area contributed by atoms with Crippen molar-refractivity contribution in [3.05, 3.63) is 53.7 Å². The molecule has 1 aliphatic rings. The molecule has 0 radical (unpaired) electrons. The SMILES string of the molecule is CC(C)C(N)c1nc(C(=O)N2CCN(Cc3ccccc3)CC2)co1. The van der Waals surface area contributed by atoms with Gasteiger partial charge in [0, 0.05) is 32.7 Å². The van der Waals surface area contributed by atoms with Gasteiger partial charge in [0.1, 0.15) is 6.26 Å². The number of carbonyl (C=O) groups is 1. The molecule has 3 rings (SSSR count). The van der Waals surface area contributed by atoms with Crippen LogP contribution in [0.5, 0.6) is 0 Å². The van der Waals surface area contributed by atoms with E-state index in [1.807, 2.05) is 24.8 Å². The summed E-state index contributed by atoms with van der Waals surface area (Å²) in [6.45, 7) is 8.03. The molecule has 6 heteroatoms. The number of carbonyl (C=O) groups excluding carboxylic acids is 1. The van der Waals surface area contributed by atoms with Crippen molar-refractivity contribution in [1.29, 1.82) is 0 Å². The third kappa shape index (κ3) is 4.27. The molecule has 1 fully saturated rings. The van der Waals surface area contributed by atoms with Gasteiger partial charge in [0.15, 0.2) is 5.69 Å². The number of oxazole rings is 1. The average molecular weight is 342 g/mol. The molecule has 134 valence electrons. The van der Waals surface area contributed by atoms with Gasteiger partial charge in [-0.25, -0.2) is 4.98 Å². The van der Waals surface area contributed by atoms with E-state index < -0.39 is 0 Å². The molecular formula is C19H26N4O2. The Morgan fingerprint density at radius 3 is 2.52 bits per heavy atom. The fourth-order valence-corrected chi connectivity index (χ4v) is 2.94. The first-order chi connectivity index (χ1) is 12.0. The molecule has 1 aromatic carbocycles. The summed E-state index contributed by atoms with van der Waals surface area (Å²) in [6, 6.07) is 10.1. The molecule has 1 aliphatic heterocycles. The van der Waals surface area contributed by atoms with Crippen molar-refractivity contribution >= 4 is 5.91 Å². The maximum absolute atomic E-state index is 12.6. The Labute approximate surface area is 148 Å². The second-order valence-electron chi connectivity index (χ2n) is 6.89. The third-order valence-corrected chi connectivity index (χ3v) is 4.65. The highest BCUT2D eigenvalue weighted by atomic mass is 16.3. The van der Waals surface area contributed by atoms with E-state index in [2.05, 4.69) is 34.1 Å². The van der Waals surface area contributed by atoms with E-state index in [4.69, 9.17) is 10.2 Å². The summed E-state index contributed by atoms with van der Waals surface area (Å²) in [5.41, 5.74) is 7.68. The van der Waals surface area contributed by atoms with Crippen molar-refractivity contribution in [2.75, 3.05) is 26.2 Å². The van der Waals surface area contributed by atoms with Crippen molar-refractivity contribution in [2.45, 2.75) is 26.4 Å². The number of hydrogen-bond donors (Lipinski definition) is 1. The number of hydrogen-bond acceptors (Lipinski definition) is 5. The lowest BCUT2D eigenvalue weighted by Gasteiger charge is -2.34. The Morgan fingerprint density at radius 1 is 1.20 bits per heavy atom. The normalized spacial score (nSPS) is 17.0. The summed E-state index contributed by atoms with van der Waals surface area (Å²) in [7, 11) is 0. The molecule has 1 saturated heterocycles. The predicted octanol–water partition coefficient (Wildman–Crippen LogP) is 2.29. The maximum atomic E-state index is 12.6. The summed E-state index contributed by atoms with van der Waals surface area (Å²) in [4.78, 5) is 21.1. The second-order valence-corrected chi connectivity index (χ2v) is 6.89. The Morgan fingerprint density at radius 2 is 1.88 bits per heavy atom. The smallest absolute Gasteiger partial charge is 0.275 e. The summed E-state index contributed by atoms with van der Waals surface area (Å²) in [5.74, 6) is 0.564. The second kappa shape index (κ2) is 7.80. The van der Waals surface area contributed by atoms with E-state index in [1.165, 1.54) is 11.8 Å². The van der Waals surface area contributed by atoms with Crippen molar-refractivity contribution in [2.24, 2.45) is 11.7 Å². The van der Waals surface area contributed by atoms with Crippen LogP contribution in [-0.4, -0.2) is 46.9 Å². The number of amides is 1. The van der Waals surface area contributed by atoms with E-state index in [0.29, 0.717) is 24.7 Å². The highest BCUT2D eigenvalue weighted by Crippen LogP contribution is 2.19. The van der Waals surface area contributed by atoms with Gasteiger partial charge in [-0.1, -0.05) is 44.2 Å². The van der Waals surface area contributed by atoms with Crippen LogP contribution in [0.15, 0.2) is 41.0 Å². The number of rotatable bonds is 5. The fraction of sp³-hybridized carbons (Fsp3) is 0.474. The van der Waals surface area contributed by atoms with Gasteiger partial charge in [0.25, 0.3) is 5.91 Å². The molecule has 0 saturated carbocycles. The standard InChI is InChI=1S/C19H26N4O2/c1-14(2)17(20)18-21-16(13-25-18)19(24)23-10-8-22(9-11-23)12-15-6-4-3-5-7-15/h3-7,13-14,17H,8-12,20H2,1-2H3. The van der Waals surface area contributed by atoms with Gasteiger partial charge in [-0.3, -0.25) is 9.69 Å². The molecule has 25 heavy (non-hydrogen) atoms. The van der Waals surface area contributed by atoms with Crippen LogP contribution in [0.1, 0.15) is 41.8 Å². The first kappa shape index (κ1) is 17.6. The van der Waals surface area contributed by atoms with Gasteiger partial charge >= 0.3 is 0 Å². The molecule has 2 N–H and O–H groups in total. The largest absolute Gasteiger partial charge is 0.446 e. The molecule has 0 spiro atoms. The van der Waals surface area contributed by atoms with Crippen molar-refractivity contribution in [1.82, 2.24) is 14.8 Å². The lowest BCUT2D eigenvalue weighted by molar-refractivity contribution is 0.0622. The minimum atomic E-state index is -0.288. The van der Waals surface area contributed by atoms with E-state index in [0.717, 1.165) is 19.6 Å². The minimum absolute atomic E-state index is 0.0784. The van der Waals surface area contributed by atoms with Crippen LogP contribution in [0.2, 0.25) is 0 Å². The van der Waals surface area contributed by atoms with Crippen LogP contribution >= 0.6 is 0 Å². The van der Waals surface area contributed by atoms with Crippen molar-refractivity contribution < 1.29 is 9.21 Å². The van der Waals surface area contributed by atoms with Gasteiger partial charge in [-0.2, -0.15) is 0 Å². The van der Waals surface area contributed by atoms with Gasteiger partial charge < -0.3 is 15.1 Å². The monoisotopic (exact) mass is 342 g/mol. The summed E-state index contributed by atoms with van der Waals surface area (Å²) in [6.07, 6.45) is 1.43. The summed E-state index contributed by atoms with van der Waals surface area (Å²) < 4.78 is 5.41. The Hall–Kier alpha value is -2.18. The molecule has 1 aromatic heterocycles. The Kier molecular flexibility index (Phi) is 5.50. The third-order valence-electron chi connectivity index (χ3n) is 4.65. The summed E-state index contributed by atoms with van der Waals surface area (Å²) in [5, 5.41) is 0. The van der Waals surface area contributed by atoms with E-state index in [-0.39, 0.29) is 17.9 Å². The summed E-state index contributed by atoms with van der Waals surface area (Å²) >= 11 is 0. The van der Waals surface area contributed by atoms with Gasteiger partial charge in [0.2, 0.25) is 5.89 Å². The zero-order valence-electron chi connectivity index (χ0n) is 14.9. The van der Waals surface area contributed by atoms with Crippen LogP contribution in [0.4, 0.5) is 0 Å².